The lowest BCUT2D eigenvalue weighted by Crippen LogP contribution is -2.16. The van der Waals surface area contributed by atoms with Crippen LogP contribution in [0.5, 0.6) is 0 Å². The minimum absolute atomic E-state index is 0.0613. The van der Waals surface area contributed by atoms with E-state index in [4.69, 9.17) is 0 Å². The highest BCUT2D eigenvalue weighted by molar-refractivity contribution is 7.94. The van der Waals surface area contributed by atoms with E-state index in [1.54, 1.807) is 66.7 Å². The molecule has 0 aromatic heterocycles. The maximum Gasteiger partial charge on any atom is 0.208 e. The Morgan fingerprint density at radius 2 is 0.969 bits per heavy atom. The predicted molar refractivity (Wildman–Crippen MR) is 120 cm³/mol. The van der Waals surface area contributed by atoms with Gasteiger partial charge in [-0.3, -0.25) is 4.79 Å². The molecular formula is C25H18O5S2. The summed E-state index contributed by atoms with van der Waals surface area (Å²) in [7, 11) is -8.57. The van der Waals surface area contributed by atoms with Gasteiger partial charge < -0.3 is 0 Å². The average Bonchev–Trinajstić information content (AvgIpc) is 2.84. The van der Waals surface area contributed by atoms with Crippen molar-refractivity contribution in [2.24, 2.45) is 0 Å². The van der Waals surface area contributed by atoms with Crippen molar-refractivity contribution in [1.82, 2.24) is 0 Å². The Balaban J connectivity index is 2.06. The standard InChI is InChI=1S/C25H18O5S2/c26-24(19-11-4-1-5-12-19)22-17-10-18-23(31(27,28)20-13-6-2-7-14-20)25(22)32(29,30)21-15-8-3-9-16-21/h1-18H. The molecule has 0 aliphatic carbocycles. The third kappa shape index (κ3) is 3.88. The zero-order valence-corrected chi connectivity index (χ0v) is 18.4. The van der Waals surface area contributed by atoms with Crippen molar-refractivity contribution in [1.29, 1.82) is 0 Å². The Morgan fingerprint density at radius 3 is 1.50 bits per heavy atom. The van der Waals surface area contributed by atoms with Gasteiger partial charge in [-0.25, -0.2) is 16.8 Å². The first-order chi connectivity index (χ1) is 15.3. The van der Waals surface area contributed by atoms with Gasteiger partial charge in [-0.05, 0) is 36.4 Å². The van der Waals surface area contributed by atoms with E-state index in [2.05, 4.69) is 0 Å². The van der Waals surface area contributed by atoms with Gasteiger partial charge >= 0.3 is 0 Å². The summed E-state index contributed by atoms with van der Waals surface area (Å²) in [6.07, 6.45) is 0. The van der Waals surface area contributed by atoms with E-state index in [1.165, 1.54) is 42.5 Å². The topological polar surface area (TPSA) is 85.3 Å². The quantitative estimate of drug-likeness (QED) is 0.392. The number of rotatable bonds is 6. The van der Waals surface area contributed by atoms with Crippen LogP contribution in [0.25, 0.3) is 0 Å². The molecule has 7 heteroatoms. The normalized spacial score (nSPS) is 11.8. The monoisotopic (exact) mass is 462 g/mol. The van der Waals surface area contributed by atoms with Crippen LogP contribution in [-0.4, -0.2) is 22.6 Å². The van der Waals surface area contributed by atoms with Gasteiger partial charge in [-0.2, -0.15) is 0 Å². The lowest BCUT2D eigenvalue weighted by Gasteiger charge is -2.15. The molecule has 32 heavy (non-hydrogen) atoms. The van der Waals surface area contributed by atoms with Crippen LogP contribution in [0.15, 0.2) is 129 Å². The molecule has 4 aromatic carbocycles. The third-order valence-corrected chi connectivity index (χ3v) is 8.74. The molecule has 0 amide bonds. The van der Waals surface area contributed by atoms with Crippen molar-refractivity contribution in [3.8, 4) is 0 Å². The molecule has 5 nitrogen and oxygen atoms in total. The van der Waals surface area contributed by atoms with Crippen molar-refractivity contribution >= 4 is 25.5 Å². The van der Waals surface area contributed by atoms with Crippen LogP contribution in [0.1, 0.15) is 15.9 Å². The average molecular weight is 463 g/mol. The molecular weight excluding hydrogens is 444 g/mol. The van der Waals surface area contributed by atoms with Gasteiger partial charge in [-0.1, -0.05) is 72.8 Å². The van der Waals surface area contributed by atoms with Gasteiger partial charge in [0.2, 0.25) is 19.7 Å². The molecule has 0 heterocycles. The summed E-state index contributed by atoms with van der Waals surface area (Å²) >= 11 is 0. The zero-order valence-electron chi connectivity index (χ0n) is 16.8. The fourth-order valence-electron chi connectivity index (χ4n) is 3.37. The van der Waals surface area contributed by atoms with Gasteiger partial charge in [0, 0.05) is 11.1 Å². The highest BCUT2D eigenvalue weighted by Gasteiger charge is 2.33. The fourth-order valence-corrected chi connectivity index (χ4v) is 6.95. The molecule has 0 unspecified atom stereocenters. The van der Waals surface area contributed by atoms with Gasteiger partial charge in [-0.15, -0.1) is 0 Å². The second kappa shape index (κ2) is 8.53. The number of carbonyl (C=O) groups excluding carboxylic acids is 1. The van der Waals surface area contributed by atoms with E-state index in [9.17, 15) is 21.6 Å². The zero-order chi connectivity index (χ0) is 22.8. The van der Waals surface area contributed by atoms with Crippen molar-refractivity contribution in [3.05, 3.63) is 120 Å². The number of sulfone groups is 2. The van der Waals surface area contributed by atoms with Gasteiger partial charge in [0.15, 0.2) is 5.78 Å². The number of carbonyl (C=O) groups is 1. The number of benzene rings is 4. The Bertz CT molecular complexity index is 1480. The minimum atomic E-state index is -4.34. The first kappa shape index (κ1) is 21.7. The molecule has 0 radical (unpaired) electrons. The van der Waals surface area contributed by atoms with Crippen LogP contribution in [0.2, 0.25) is 0 Å². The highest BCUT2D eigenvalue weighted by atomic mass is 32.2. The molecule has 0 saturated carbocycles. The van der Waals surface area contributed by atoms with E-state index in [-0.39, 0.29) is 20.9 Å². The lowest BCUT2D eigenvalue weighted by molar-refractivity contribution is 0.103. The summed E-state index contributed by atoms with van der Waals surface area (Å²) in [4.78, 5) is 12.2. The van der Waals surface area contributed by atoms with Crippen LogP contribution >= 0.6 is 0 Å². The minimum Gasteiger partial charge on any atom is -0.289 e. The number of hydrogen-bond acceptors (Lipinski definition) is 5. The summed E-state index contributed by atoms with van der Waals surface area (Å²) in [5, 5.41) is 0. The smallest absolute Gasteiger partial charge is 0.208 e. The van der Waals surface area contributed by atoms with Gasteiger partial charge in [0.25, 0.3) is 0 Å². The van der Waals surface area contributed by atoms with Crippen LogP contribution in [0, 0.1) is 0 Å². The Hall–Kier alpha value is -3.55. The summed E-state index contributed by atoms with van der Waals surface area (Å²) in [5.74, 6) is -0.579. The second-order valence-electron chi connectivity index (χ2n) is 6.96. The first-order valence-corrected chi connectivity index (χ1v) is 12.6. The van der Waals surface area contributed by atoms with Crippen LogP contribution in [-0.2, 0) is 19.7 Å². The number of ketones is 1. The summed E-state index contributed by atoms with van der Waals surface area (Å²) in [5.41, 5.74) is 0.0586. The summed E-state index contributed by atoms with van der Waals surface area (Å²) in [6.45, 7) is 0. The lowest BCUT2D eigenvalue weighted by atomic mass is 10.0. The molecule has 160 valence electrons. The van der Waals surface area contributed by atoms with Crippen LogP contribution in [0.4, 0.5) is 0 Å². The molecule has 0 fully saturated rings. The SMILES string of the molecule is O=C(c1ccccc1)c1cccc(S(=O)(=O)c2ccccc2)c1S(=O)(=O)c1ccccc1. The summed E-state index contributed by atoms with van der Waals surface area (Å²) in [6, 6.07) is 27.1. The molecule has 0 aliphatic rings. The van der Waals surface area contributed by atoms with E-state index < -0.39 is 35.2 Å². The Morgan fingerprint density at radius 1 is 0.500 bits per heavy atom. The largest absolute Gasteiger partial charge is 0.289 e. The molecule has 0 atom stereocenters. The Kier molecular flexibility index (Phi) is 5.78. The van der Waals surface area contributed by atoms with Gasteiger partial charge in [0.1, 0.15) is 4.90 Å². The van der Waals surface area contributed by atoms with Crippen LogP contribution in [0.3, 0.4) is 0 Å². The molecule has 4 rings (SSSR count). The first-order valence-electron chi connectivity index (χ1n) is 9.66. The van der Waals surface area contributed by atoms with Crippen molar-refractivity contribution in [3.63, 3.8) is 0 Å². The Labute approximate surface area is 186 Å². The fraction of sp³-hybridized carbons (Fsp3) is 0. The second-order valence-corrected chi connectivity index (χ2v) is 10.8. The molecule has 0 N–H and O–H groups in total. The van der Waals surface area contributed by atoms with Crippen molar-refractivity contribution < 1.29 is 21.6 Å². The molecule has 0 spiro atoms. The van der Waals surface area contributed by atoms with Crippen LogP contribution < -0.4 is 0 Å². The molecule has 0 bridgehead atoms. The maximum absolute atomic E-state index is 13.7. The molecule has 0 saturated heterocycles. The van der Waals surface area contributed by atoms with Crippen molar-refractivity contribution in [2.75, 3.05) is 0 Å². The highest BCUT2D eigenvalue weighted by Crippen LogP contribution is 2.34. The predicted octanol–water partition coefficient (Wildman–Crippen LogP) is 4.58. The van der Waals surface area contributed by atoms with E-state index >= 15 is 0 Å². The number of hydrogen-bond donors (Lipinski definition) is 0. The van der Waals surface area contributed by atoms with E-state index in [0.717, 1.165) is 0 Å². The third-order valence-electron chi connectivity index (χ3n) is 4.92. The van der Waals surface area contributed by atoms with E-state index in [0.29, 0.717) is 0 Å². The van der Waals surface area contributed by atoms with Crippen molar-refractivity contribution in [2.45, 2.75) is 19.6 Å². The summed E-state index contributed by atoms with van der Waals surface area (Å²) < 4.78 is 54.3. The molecule has 0 aliphatic heterocycles. The maximum atomic E-state index is 13.7. The van der Waals surface area contributed by atoms with Gasteiger partial charge in [0.05, 0.1) is 14.7 Å². The van der Waals surface area contributed by atoms with E-state index in [1.807, 2.05) is 0 Å². The molecule has 4 aromatic rings.